The van der Waals surface area contributed by atoms with Gasteiger partial charge in [-0.2, -0.15) is 0 Å². The van der Waals surface area contributed by atoms with Gasteiger partial charge in [0, 0.05) is 42.0 Å². The molecule has 1 aromatic rings. The number of ketones is 1. The molecule has 0 N–H and O–H groups in total. The summed E-state index contributed by atoms with van der Waals surface area (Å²) in [5.74, 6) is -0.620. The molecule has 1 aromatic carbocycles. The van der Waals surface area contributed by atoms with Crippen LogP contribution in [0.15, 0.2) is 34.5 Å². The molecular formula is C21H25NO5. The van der Waals surface area contributed by atoms with Crippen LogP contribution in [0.25, 0.3) is 0 Å². The van der Waals surface area contributed by atoms with Crippen molar-refractivity contribution in [2.75, 3.05) is 21.3 Å². The first-order valence-corrected chi connectivity index (χ1v) is 9.06. The Morgan fingerprint density at radius 2 is 2.00 bits per heavy atom. The van der Waals surface area contributed by atoms with E-state index >= 15 is 0 Å². The lowest BCUT2D eigenvalue weighted by molar-refractivity contribution is -0.143. The van der Waals surface area contributed by atoms with Gasteiger partial charge in [-0.3, -0.25) is 14.6 Å². The van der Waals surface area contributed by atoms with E-state index < -0.39 is 11.8 Å². The summed E-state index contributed by atoms with van der Waals surface area (Å²) in [6.45, 7) is 2.20. The van der Waals surface area contributed by atoms with Gasteiger partial charge in [-0.05, 0) is 37.5 Å². The Balaban J connectivity index is 2.17. The monoisotopic (exact) mass is 371 g/mol. The van der Waals surface area contributed by atoms with Crippen molar-refractivity contribution >= 4 is 17.5 Å². The average molecular weight is 371 g/mol. The zero-order valence-electron chi connectivity index (χ0n) is 16.2. The van der Waals surface area contributed by atoms with Gasteiger partial charge in [0.2, 0.25) is 0 Å². The number of hydrogen-bond acceptors (Lipinski definition) is 6. The summed E-state index contributed by atoms with van der Waals surface area (Å²) in [7, 11) is 4.59. The van der Waals surface area contributed by atoms with Crippen molar-refractivity contribution in [1.29, 1.82) is 0 Å². The summed E-state index contributed by atoms with van der Waals surface area (Å²) in [5.41, 5.74) is 3.88. The van der Waals surface area contributed by atoms with Gasteiger partial charge in [0.25, 0.3) is 0 Å². The maximum absolute atomic E-state index is 12.8. The Bertz CT molecular complexity index is 824. The van der Waals surface area contributed by atoms with Crippen molar-refractivity contribution in [2.24, 2.45) is 10.9 Å². The molecule has 2 atom stereocenters. The van der Waals surface area contributed by atoms with Crippen LogP contribution >= 0.6 is 0 Å². The number of allylic oxidation sites excluding steroid dienone is 2. The van der Waals surface area contributed by atoms with Crippen LogP contribution in [-0.4, -0.2) is 38.8 Å². The number of hydrogen-bond donors (Lipinski definition) is 0. The van der Waals surface area contributed by atoms with Gasteiger partial charge in [0.15, 0.2) is 5.78 Å². The minimum Gasteiger partial charge on any atom is -0.496 e. The number of methoxy groups -OCH3 is 3. The zero-order valence-corrected chi connectivity index (χ0v) is 16.2. The molecule has 0 fully saturated rings. The second kappa shape index (κ2) is 8.05. The molecule has 6 heteroatoms. The van der Waals surface area contributed by atoms with E-state index in [4.69, 9.17) is 14.2 Å². The second-order valence-corrected chi connectivity index (χ2v) is 6.87. The number of nitrogens with zero attached hydrogens (tertiary/aromatic N) is 1. The van der Waals surface area contributed by atoms with Crippen LogP contribution in [0, 0.1) is 5.92 Å². The number of aliphatic imine (C=N–C) groups is 1. The average Bonchev–Trinajstić information content (AvgIpc) is 2.66. The van der Waals surface area contributed by atoms with Crippen molar-refractivity contribution in [2.45, 2.75) is 38.7 Å². The highest BCUT2D eigenvalue weighted by molar-refractivity contribution is 6.08. The van der Waals surface area contributed by atoms with Gasteiger partial charge in [-0.25, -0.2) is 0 Å². The number of esters is 1. The number of Topliss-reactive ketones (excluding diaryl/α,β-unsaturated/α-hetero) is 1. The fourth-order valence-electron chi connectivity index (χ4n) is 4.06. The molecule has 1 aliphatic heterocycles. The van der Waals surface area contributed by atoms with Gasteiger partial charge in [-0.1, -0.05) is 6.07 Å². The summed E-state index contributed by atoms with van der Waals surface area (Å²) < 4.78 is 15.7. The molecule has 2 aliphatic rings. The lowest BCUT2D eigenvalue weighted by atomic mass is 9.71. The maximum atomic E-state index is 12.8. The van der Waals surface area contributed by atoms with Crippen molar-refractivity contribution in [3.8, 4) is 5.75 Å². The molecule has 0 aromatic heterocycles. The molecule has 3 rings (SSSR count). The topological polar surface area (TPSA) is 74.2 Å². The standard InChI is InChI=1S/C21H25NO5/c1-12-18(21(24)27-4)19(20-15(22-12)6-5-7-16(20)23)13-8-9-17(26-3)14(10-13)11-25-2/h8-10,18-19H,5-7,11H2,1-4H3/t18?,19-/m1/s1. The summed E-state index contributed by atoms with van der Waals surface area (Å²) >= 11 is 0. The molecule has 0 spiro atoms. The van der Waals surface area contributed by atoms with Gasteiger partial charge in [0.05, 0.1) is 20.8 Å². The van der Waals surface area contributed by atoms with E-state index in [9.17, 15) is 9.59 Å². The number of ether oxygens (including phenoxy) is 3. The number of carbonyl (C=O) groups excluding carboxylic acids is 2. The lowest BCUT2D eigenvalue weighted by Gasteiger charge is -2.34. The highest BCUT2D eigenvalue weighted by atomic mass is 16.5. The van der Waals surface area contributed by atoms with Gasteiger partial charge >= 0.3 is 5.97 Å². The van der Waals surface area contributed by atoms with Gasteiger partial charge in [0.1, 0.15) is 11.7 Å². The van der Waals surface area contributed by atoms with Crippen molar-refractivity contribution in [3.05, 3.63) is 40.6 Å². The summed E-state index contributed by atoms with van der Waals surface area (Å²) in [6, 6.07) is 5.71. The Morgan fingerprint density at radius 1 is 1.22 bits per heavy atom. The largest absolute Gasteiger partial charge is 0.496 e. The van der Waals surface area contributed by atoms with Crippen LogP contribution in [0.1, 0.15) is 43.2 Å². The molecule has 0 saturated carbocycles. The third kappa shape index (κ3) is 3.54. The fraction of sp³-hybridized carbons (Fsp3) is 0.476. The van der Waals surface area contributed by atoms with Gasteiger partial charge < -0.3 is 14.2 Å². The molecule has 1 heterocycles. The minimum absolute atomic E-state index is 0.0653. The normalized spacial score (nSPS) is 22.2. The van der Waals surface area contributed by atoms with Crippen molar-refractivity contribution in [1.82, 2.24) is 0 Å². The summed E-state index contributed by atoms with van der Waals surface area (Å²) in [4.78, 5) is 30.0. The number of benzene rings is 1. The summed E-state index contributed by atoms with van der Waals surface area (Å²) in [5, 5.41) is 0. The SMILES string of the molecule is COCc1cc([C@H]2C3=C(CCCC3=O)N=C(C)C2C(=O)OC)ccc1OC. The highest BCUT2D eigenvalue weighted by Crippen LogP contribution is 2.44. The third-order valence-electron chi connectivity index (χ3n) is 5.25. The highest BCUT2D eigenvalue weighted by Gasteiger charge is 2.43. The Labute approximate surface area is 159 Å². The van der Waals surface area contributed by atoms with E-state index in [2.05, 4.69) is 4.99 Å². The fourth-order valence-corrected chi connectivity index (χ4v) is 4.06. The second-order valence-electron chi connectivity index (χ2n) is 6.87. The number of carbonyl (C=O) groups is 2. The van der Waals surface area contributed by atoms with Crippen LogP contribution in [0.3, 0.4) is 0 Å². The molecule has 0 saturated heterocycles. The molecule has 0 amide bonds. The number of rotatable bonds is 5. The predicted molar refractivity (Wildman–Crippen MR) is 101 cm³/mol. The van der Waals surface area contributed by atoms with Crippen molar-refractivity contribution in [3.63, 3.8) is 0 Å². The predicted octanol–water partition coefficient (Wildman–Crippen LogP) is 3.20. The summed E-state index contributed by atoms with van der Waals surface area (Å²) in [6.07, 6.45) is 2.03. The quantitative estimate of drug-likeness (QED) is 0.743. The van der Waals surface area contributed by atoms with E-state index in [1.807, 2.05) is 25.1 Å². The molecule has 1 aliphatic carbocycles. The zero-order chi connectivity index (χ0) is 19.6. The molecule has 0 radical (unpaired) electrons. The lowest BCUT2D eigenvalue weighted by Crippen LogP contribution is -2.37. The first-order valence-electron chi connectivity index (χ1n) is 9.06. The molecule has 6 nitrogen and oxygen atoms in total. The van der Waals surface area contributed by atoms with Crippen LogP contribution in [0.2, 0.25) is 0 Å². The Hall–Kier alpha value is -2.47. The minimum atomic E-state index is -0.611. The molecule has 0 bridgehead atoms. The maximum Gasteiger partial charge on any atom is 0.315 e. The first kappa shape index (κ1) is 19.3. The molecular weight excluding hydrogens is 346 g/mol. The van der Waals surface area contributed by atoms with E-state index in [0.717, 1.165) is 29.7 Å². The molecule has 27 heavy (non-hydrogen) atoms. The van der Waals surface area contributed by atoms with Crippen molar-refractivity contribution < 1.29 is 23.8 Å². The Morgan fingerprint density at radius 3 is 2.67 bits per heavy atom. The first-order chi connectivity index (χ1) is 13.0. The van der Waals surface area contributed by atoms with E-state index in [1.165, 1.54) is 7.11 Å². The van der Waals surface area contributed by atoms with E-state index in [0.29, 0.717) is 30.1 Å². The van der Waals surface area contributed by atoms with Crippen LogP contribution in [0.5, 0.6) is 5.75 Å². The Kier molecular flexibility index (Phi) is 5.75. The smallest absolute Gasteiger partial charge is 0.315 e. The van der Waals surface area contributed by atoms with Crippen LogP contribution in [0.4, 0.5) is 0 Å². The molecule has 144 valence electrons. The van der Waals surface area contributed by atoms with Crippen LogP contribution < -0.4 is 4.74 Å². The molecule has 1 unspecified atom stereocenters. The third-order valence-corrected chi connectivity index (χ3v) is 5.25. The van der Waals surface area contributed by atoms with E-state index in [1.54, 1.807) is 14.2 Å². The van der Waals surface area contributed by atoms with Crippen LogP contribution in [-0.2, 0) is 25.7 Å². The van der Waals surface area contributed by atoms with E-state index in [-0.39, 0.29) is 11.8 Å². The van der Waals surface area contributed by atoms with Gasteiger partial charge in [-0.15, -0.1) is 0 Å².